The summed E-state index contributed by atoms with van der Waals surface area (Å²) in [6, 6.07) is 0. The normalized spacial score (nSPS) is 24.8. The van der Waals surface area contributed by atoms with Crippen molar-refractivity contribution in [3.8, 4) is 0 Å². The molecular weight excluding hydrogens is 259 g/mol. The molecule has 2 fully saturated rings. The van der Waals surface area contributed by atoms with Crippen LogP contribution in [-0.4, -0.2) is 54.5 Å². The number of likely N-dealkylation sites (tertiary alicyclic amines) is 2. The van der Waals surface area contributed by atoms with Crippen molar-refractivity contribution in [2.45, 2.75) is 33.1 Å². The maximum atomic E-state index is 12.2. The van der Waals surface area contributed by atoms with Gasteiger partial charge in [0.05, 0.1) is 5.92 Å². The molecule has 0 aliphatic carbocycles. The Morgan fingerprint density at radius 2 is 1.53 bits per heavy atom. The molecule has 0 aromatic rings. The summed E-state index contributed by atoms with van der Waals surface area (Å²) in [6.07, 6.45) is 2.64. The minimum Gasteiger partial charge on any atom is -0.342 e. The third-order valence-corrected chi connectivity index (χ3v) is 4.42. The number of carbonyl (C=O) groups is 2. The molecule has 2 rings (SSSR count). The van der Waals surface area contributed by atoms with Gasteiger partial charge in [-0.25, -0.2) is 0 Å². The highest BCUT2D eigenvalue weighted by atomic mass is 31.0. The summed E-state index contributed by atoms with van der Waals surface area (Å²) in [5.74, 6) is 0.627. The number of piperidine rings is 1. The summed E-state index contributed by atoms with van der Waals surface area (Å²) in [7, 11) is 4.33. The molecule has 0 bridgehead atoms. The Balaban J connectivity index is 0.000000861. The zero-order valence-corrected chi connectivity index (χ0v) is 13.5. The predicted molar refractivity (Wildman–Crippen MR) is 81.0 cm³/mol. The molecular formula is C14H27N2O2P. The van der Waals surface area contributed by atoms with Gasteiger partial charge in [-0.05, 0) is 32.9 Å². The van der Waals surface area contributed by atoms with Gasteiger partial charge in [-0.1, -0.05) is 23.1 Å². The van der Waals surface area contributed by atoms with E-state index in [1.165, 1.54) is 0 Å². The van der Waals surface area contributed by atoms with Crippen molar-refractivity contribution < 1.29 is 9.59 Å². The maximum Gasteiger partial charge on any atom is 0.227 e. The first-order chi connectivity index (χ1) is 9.08. The lowest BCUT2D eigenvalue weighted by molar-refractivity contribution is -0.137. The molecule has 0 aromatic heterocycles. The Bertz CT molecular complexity index is 315. The van der Waals surface area contributed by atoms with Crippen molar-refractivity contribution in [2.75, 3.05) is 33.2 Å². The molecule has 0 N–H and O–H groups in total. The molecule has 4 nitrogen and oxygen atoms in total. The van der Waals surface area contributed by atoms with Crippen LogP contribution in [0.2, 0.25) is 0 Å². The van der Waals surface area contributed by atoms with Crippen LogP contribution >= 0.6 is 9.24 Å². The van der Waals surface area contributed by atoms with E-state index in [0.717, 1.165) is 45.4 Å². The largest absolute Gasteiger partial charge is 0.342 e. The Hall–Kier alpha value is -0.470. The standard InChI is InChI=1S/C12H21N2O2P.C2H6/c1-13-5-2-10(8-13)11(15)14-6-3-9(4-7-14)12(16)17;1-2/h9-10H,2-8,17H2,1H3;1-2H3. The van der Waals surface area contributed by atoms with Crippen LogP contribution in [0.25, 0.3) is 0 Å². The van der Waals surface area contributed by atoms with Gasteiger partial charge in [0, 0.05) is 25.6 Å². The highest BCUT2D eigenvalue weighted by Gasteiger charge is 2.32. The van der Waals surface area contributed by atoms with E-state index in [9.17, 15) is 9.59 Å². The van der Waals surface area contributed by atoms with Gasteiger partial charge in [0.1, 0.15) is 0 Å². The van der Waals surface area contributed by atoms with Gasteiger partial charge in [0.25, 0.3) is 0 Å². The summed E-state index contributed by atoms with van der Waals surface area (Å²) in [5, 5.41) is 0. The first-order valence-corrected chi connectivity index (χ1v) is 7.92. The lowest BCUT2D eigenvalue weighted by Crippen LogP contribution is -2.43. The van der Waals surface area contributed by atoms with Crippen LogP contribution in [0.1, 0.15) is 33.1 Å². The van der Waals surface area contributed by atoms with E-state index in [0.29, 0.717) is 5.91 Å². The molecule has 0 spiro atoms. The fourth-order valence-electron chi connectivity index (χ4n) is 2.78. The van der Waals surface area contributed by atoms with Gasteiger partial charge in [0.2, 0.25) is 5.91 Å². The van der Waals surface area contributed by atoms with Crippen LogP contribution in [0.4, 0.5) is 0 Å². The van der Waals surface area contributed by atoms with Gasteiger partial charge < -0.3 is 9.80 Å². The Labute approximate surface area is 119 Å². The number of amides is 1. The Morgan fingerprint density at radius 3 is 1.95 bits per heavy atom. The van der Waals surface area contributed by atoms with Crippen LogP contribution in [0.5, 0.6) is 0 Å². The van der Waals surface area contributed by atoms with Gasteiger partial charge in [0.15, 0.2) is 5.52 Å². The number of carbonyl (C=O) groups excluding carboxylic acids is 2. The van der Waals surface area contributed by atoms with Crippen LogP contribution in [0, 0.1) is 11.8 Å². The molecule has 2 aliphatic rings. The maximum absolute atomic E-state index is 12.2. The Morgan fingerprint density at radius 1 is 1.00 bits per heavy atom. The summed E-state index contributed by atoms with van der Waals surface area (Å²) < 4.78 is 0. The van der Waals surface area contributed by atoms with E-state index < -0.39 is 0 Å². The van der Waals surface area contributed by atoms with E-state index in [2.05, 4.69) is 21.2 Å². The van der Waals surface area contributed by atoms with Crippen molar-refractivity contribution in [2.24, 2.45) is 11.8 Å². The molecule has 2 unspecified atom stereocenters. The minimum absolute atomic E-state index is 0.148. The SMILES string of the molecule is CC.CN1CCC(C(=O)N2CCC(C(=O)P)CC2)C1. The lowest BCUT2D eigenvalue weighted by Gasteiger charge is -2.32. The first-order valence-electron chi connectivity index (χ1n) is 7.34. The fraction of sp³-hybridized carbons (Fsp3) is 0.857. The molecule has 1 amide bonds. The average Bonchev–Trinajstić information content (AvgIpc) is 2.87. The highest BCUT2D eigenvalue weighted by molar-refractivity contribution is 7.40. The molecule has 2 atom stereocenters. The molecule has 0 aromatic carbocycles. The van der Waals surface area contributed by atoms with Crippen molar-refractivity contribution >= 4 is 20.7 Å². The van der Waals surface area contributed by atoms with E-state index >= 15 is 0 Å². The molecule has 2 aliphatic heterocycles. The predicted octanol–water partition coefficient (Wildman–Crippen LogP) is 1.60. The van der Waals surface area contributed by atoms with Crippen LogP contribution in [0.3, 0.4) is 0 Å². The summed E-state index contributed by atoms with van der Waals surface area (Å²) in [6.45, 7) is 7.42. The van der Waals surface area contributed by atoms with Crippen LogP contribution in [0.15, 0.2) is 0 Å². The molecule has 0 saturated carbocycles. The van der Waals surface area contributed by atoms with Gasteiger partial charge in [-0.2, -0.15) is 0 Å². The minimum atomic E-state index is 0.148. The lowest BCUT2D eigenvalue weighted by atomic mass is 9.96. The van der Waals surface area contributed by atoms with Crippen LogP contribution < -0.4 is 0 Å². The summed E-state index contributed by atoms with van der Waals surface area (Å²) in [5.41, 5.74) is 0.192. The number of hydrogen-bond donors (Lipinski definition) is 0. The second-order valence-corrected chi connectivity index (χ2v) is 5.82. The smallest absolute Gasteiger partial charge is 0.227 e. The van der Waals surface area contributed by atoms with Crippen molar-refractivity contribution in [1.82, 2.24) is 9.80 Å². The van der Waals surface area contributed by atoms with Crippen LogP contribution in [-0.2, 0) is 9.59 Å². The van der Waals surface area contributed by atoms with E-state index in [1.54, 1.807) is 0 Å². The van der Waals surface area contributed by atoms with Gasteiger partial charge >= 0.3 is 0 Å². The molecule has 0 radical (unpaired) electrons. The van der Waals surface area contributed by atoms with Crippen molar-refractivity contribution in [1.29, 1.82) is 0 Å². The average molecular weight is 286 g/mol. The molecule has 19 heavy (non-hydrogen) atoms. The van der Waals surface area contributed by atoms with Gasteiger partial charge in [-0.15, -0.1) is 0 Å². The van der Waals surface area contributed by atoms with E-state index in [4.69, 9.17) is 0 Å². The molecule has 110 valence electrons. The Kier molecular flexibility index (Phi) is 6.95. The zero-order chi connectivity index (χ0) is 14.4. The second kappa shape index (κ2) is 7.96. The quantitative estimate of drug-likeness (QED) is 0.724. The summed E-state index contributed by atoms with van der Waals surface area (Å²) in [4.78, 5) is 27.6. The molecule has 5 heteroatoms. The van der Waals surface area contributed by atoms with E-state index in [-0.39, 0.29) is 17.4 Å². The number of hydrogen-bond acceptors (Lipinski definition) is 3. The summed E-state index contributed by atoms with van der Waals surface area (Å²) >= 11 is 0. The highest BCUT2D eigenvalue weighted by Crippen LogP contribution is 2.24. The molecule has 2 saturated heterocycles. The topological polar surface area (TPSA) is 40.6 Å². The van der Waals surface area contributed by atoms with E-state index in [1.807, 2.05) is 18.7 Å². The zero-order valence-electron chi connectivity index (χ0n) is 12.4. The number of nitrogens with zero attached hydrogens (tertiary/aromatic N) is 2. The molecule has 2 heterocycles. The van der Waals surface area contributed by atoms with Crippen molar-refractivity contribution in [3.05, 3.63) is 0 Å². The fourth-order valence-corrected chi connectivity index (χ4v) is 3.11. The monoisotopic (exact) mass is 286 g/mol. The van der Waals surface area contributed by atoms with Gasteiger partial charge in [-0.3, -0.25) is 9.59 Å². The first kappa shape index (κ1) is 16.6. The van der Waals surface area contributed by atoms with Crippen molar-refractivity contribution in [3.63, 3.8) is 0 Å². The second-order valence-electron chi connectivity index (χ2n) is 5.25. The third-order valence-electron chi connectivity index (χ3n) is 3.95. The number of rotatable bonds is 2. The third kappa shape index (κ3) is 4.54.